The monoisotopic (exact) mass is 392 g/mol. The molecule has 0 aliphatic carbocycles. The number of methoxy groups -OCH3 is 1. The third-order valence-corrected chi connectivity index (χ3v) is 4.17. The van der Waals surface area contributed by atoms with E-state index in [1.54, 1.807) is 19.2 Å². The van der Waals surface area contributed by atoms with E-state index in [0.29, 0.717) is 24.8 Å². The average molecular weight is 392 g/mol. The second-order valence-corrected chi connectivity index (χ2v) is 6.25. The maximum atomic E-state index is 12.0. The first-order valence-corrected chi connectivity index (χ1v) is 9.42. The maximum absolute atomic E-state index is 12.0. The molecule has 1 amide bonds. The molecule has 0 bridgehead atoms. The molecule has 3 rings (SSSR count). The summed E-state index contributed by atoms with van der Waals surface area (Å²) in [6.45, 7) is 0.990. The van der Waals surface area contributed by atoms with E-state index in [-0.39, 0.29) is 12.3 Å². The van der Waals surface area contributed by atoms with Crippen LogP contribution < -0.4 is 20.1 Å². The van der Waals surface area contributed by atoms with Gasteiger partial charge in [0.1, 0.15) is 17.3 Å². The van der Waals surface area contributed by atoms with Crippen molar-refractivity contribution in [2.75, 3.05) is 30.9 Å². The van der Waals surface area contributed by atoms with Crippen molar-refractivity contribution in [1.82, 2.24) is 10.2 Å². The SMILES string of the molecule is COc1ccccc1CCNc1ccc(NC(=O)CCOc2ccccc2)nn1. The molecule has 0 unspecified atom stereocenters. The Morgan fingerprint density at radius 2 is 1.66 bits per heavy atom. The molecule has 7 heteroatoms. The second-order valence-electron chi connectivity index (χ2n) is 6.25. The topological polar surface area (TPSA) is 85.4 Å². The normalized spacial score (nSPS) is 10.2. The van der Waals surface area contributed by atoms with E-state index in [2.05, 4.69) is 20.8 Å². The molecule has 0 aliphatic heterocycles. The molecule has 1 aromatic heterocycles. The number of carbonyl (C=O) groups excluding carboxylic acids is 1. The molecular weight excluding hydrogens is 368 g/mol. The number of ether oxygens (including phenoxy) is 2. The van der Waals surface area contributed by atoms with Crippen LogP contribution >= 0.6 is 0 Å². The van der Waals surface area contributed by atoms with Crippen LogP contribution in [0.4, 0.5) is 11.6 Å². The van der Waals surface area contributed by atoms with Gasteiger partial charge in [-0.05, 0) is 42.3 Å². The van der Waals surface area contributed by atoms with Crippen LogP contribution in [0, 0.1) is 0 Å². The number of anilines is 2. The molecule has 0 radical (unpaired) electrons. The van der Waals surface area contributed by atoms with E-state index in [0.717, 1.165) is 23.5 Å². The van der Waals surface area contributed by atoms with Gasteiger partial charge < -0.3 is 20.1 Å². The van der Waals surface area contributed by atoms with Crippen LogP contribution in [0.15, 0.2) is 66.7 Å². The van der Waals surface area contributed by atoms with Crippen LogP contribution in [0.25, 0.3) is 0 Å². The van der Waals surface area contributed by atoms with Crippen molar-refractivity contribution >= 4 is 17.5 Å². The predicted molar refractivity (Wildman–Crippen MR) is 112 cm³/mol. The van der Waals surface area contributed by atoms with Crippen molar-refractivity contribution in [2.24, 2.45) is 0 Å². The summed E-state index contributed by atoms with van der Waals surface area (Å²) in [6, 6.07) is 20.8. The molecule has 0 atom stereocenters. The summed E-state index contributed by atoms with van der Waals surface area (Å²) >= 11 is 0. The largest absolute Gasteiger partial charge is 0.496 e. The van der Waals surface area contributed by atoms with Crippen molar-refractivity contribution in [2.45, 2.75) is 12.8 Å². The fourth-order valence-electron chi connectivity index (χ4n) is 2.71. The number of hydrogen-bond acceptors (Lipinski definition) is 6. The molecule has 0 fully saturated rings. The molecule has 0 aliphatic rings. The van der Waals surface area contributed by atoms with Gasteiger partial charge in [-0.25, -0.2) is 0 Å². The Bertz CT molecular complexity index is 901. The van der Waals surface area contributed by atoms with Gasteiger partial charge in [0.05, 0.1) is 20.1 Å². The summed E-state index contributed by atoms with van der Waals surface area (Å²) in [5.74, 6) is 2.49. The van der Waals surface area contributed by atoms with Crippen molar-refractivity contribution in [3.05, 3.63) is 72.3 Å². The summed E-state index contributed by atoms with van der Waals surface area (Å²) in [7, 11) is 1.67. The molecule has 150 valence electrons. The molecule has 29 heavy (non-hydrogen) atoms. The molecule has 3 aromatic rings. The highest BCUT2D eigenvalue weighted by Gasteiger charge is 2.06. The zero-order chi connectivity index (χ0) is 20.3. The first-order chi connectivity index (χ1) is 14.2. The van der Waals surface area contributed by atoms with Crippen LogP contribution in [-0.4, -0.2) is 36.4 Å². The number of nitrogens with one attached hydrogen (secondary N) is 2. The first-order valence-electron chi connectivity index (χ1n) is 9.42. The Morgan fingerprint density at radius 3 is 2.41 bits per heavy atom. The van der Waals surface area contributed by atoms with Gasteiger partial charge in [-0.1, -0.05) is 36.4 Å². The predicted octanol–water partition coefficient (Wildman–Crippen LogP) is 3.55. The average Bonchev–Trinajstić information content (AvgIpc) is 2.76. The van der Waals surface area contributed by atoms with Gasteiger partial charge in [0.25, 0.3) is 0 Å². The number of amides is 1. The van der Waals surface area contributed by atoms with Gasteiger partial charge >= 0.3 is 0 Å². The zero-order valence-corrected chi connectivity index (χ0v) is 16.3. The number of rotatable bonds is 10. The van der Waals surface area contributed by atoms with Crippen LogP contribution in [-0.2, 0) is 11.2 Å². The highest BCUT2D eigenvalue weighted by Crippen LogP contribution is 2.17. The van der Waals surface area contributed by atoms with E-state index >= 15 is 0 Å². The second kappa shape index (κ2) is 10.7. The Hall–Kier alpha value is -3.61. The summed E-state index contributed by atoms with van der Waals surface area (Å²) in [4.78, 5) is 12.0. The van der Waals surface area contributed by atoms with Gasteiger partial charge in [0.2, 0.25) is 5.91 Å². The van der Waals surface area contributed by atoms with E-state index in [9.17, 15) is 4.79 Å². The Morgan fingerprint density at radius 1 is 0.931 bits per heavy atom. The molecule has 1 heterocycles. The summed E-state index contributed by atoms with van der Waals surface area (Å²) in [5, 5.41) is 14.1. The maximum Gasteiger partial charge on any atom is 0.229 e. The third-order valence-electron chi connectivity index (χ3n) is 4.17. The lowest BCUT2D eigenvalue weighted by Gasteiger charge is -2.09. The minimum absolute atomic E-state index is 0.174. The minimum atomic E-state index is -0.174. The number of hydrogen-bond donors (Lipinski definition) is 2. The van der Waals surface area contributed by atoms with Gasteiger partial charge in [-0.2, -0.15) is 0 Å². The highest BCUT2D eigenvalue weighted by molar-refractivity contribution is 5.89. The van der Waals surface area contributed by atoms with Crippen LogP contribution in [0.2, 0.25) is 0 Å². The Balaban J connectivity index is 1.39. The first kappa shape index (κ1) is 20.1. The number of para-hydroxylation sites is 2. The van der Waals surface area contributed by atoms with Crippen LogP contribution in [0.3, 0.4) is 0 Å². The fourth-order valence-corrected chi connectivity index (χ4v) is 2.71. The van der Waals surface area contributed by atoms with E-state index in [1.807, 2.05) is 54.6 Å². The van der Waals surface area contributed by atoms with E-state index in [1.165, 1.54) is 0 Å². The molecule has 0 spiro atoms. The third kappa shape index (κ3) is 6.49. The number of nitrogens with zero attached hydrogens (tertiary/aromatic N) is 2. The number of aromatic nitrogens is 2. The summed E-state index contributed by atoms with van der Waals surface area (Å²) in [5.41, 5.74) is 1.12. The van der Waals surface area contributed by atoms with Crippen molar-refractivity contribution < 1.29 is 14.3 Å². The fraction of sp³-hybridized carbons (Fsp3) is 0.227. The molecule has 2 aromatic carbocycles. The van der Waals surface area contributed by atoms with E-state index in [4.69, 9.17) is 9.47 Å². The lowest BCUT2D eigenvalue weighted by Crippen LogP contribution is -2.16. The number of carbonyl (C=O) groups is 1. The lowest BCUT2D eigenvalue weighted by atomic mass is 10.1. The Labute approximate surface area is 170 Å². The molecule has 2 N–H and O–H groups in total. The summed E-state index contributed by atoms with van der Waals surface area (Å²) in [6.07, 6.45) is 1.03. The quantitative estimate of drug-likeness (QED) is 0.549. The molecule has 7 nitrogen and oxygen atoms in total. The lowest BCUT2D eigenvalue weighted by molar-refractivity contribution is -0.116. The summed E-state index contributed by atoms with van der Waals surface area (Å²) < 4.78 is 10.9. The van der Waals surface area contributed by atoms with E-state index < -0.39 is 0 Å². The van der Waals surface area contributed by atoms with Crippen molar-refractivity contribution in [1.29, 1.82) is 0 Å². The van der Waals surface area contributed by atoms with Crippen molar-refractivity contribution in [3.63, 3.8) is 0 Å². The van der Waals surface area contributed by atoms with Gasteiger partial charge in [0, 0.05) is 6.54 Å². The van der Waals surface area contributed by atoms with Gasteiger partial charge in [-0.3, -0.25) is 4.79 Å². The molecular formula is C22H24N4O3. The molecule has 0 saturated carbocycles. The van der Waals surface area contributed by atoms with Gasteiger partial charge in [0.15, 0.2) is 5.82 Å². The Kier molecular flexibility index (Phi) is 7.40. The highest BCUT2D eigenvalue weighted by atomic mass is 16.5. The molecule has 0 saturated heterocycles. The smallest absolute Gasteiger partial charge is 0.229 e. The number of benzene rings is 2. The van der Waals surface area contributed by atoms with Crippen LogP contribution in [0.1, 0.15) is 12.0 Å². The zero-order valence-electron chi connectivity index (χ0n) is 16.3. The minimum Gasteiger partial charge on any atom is -0.496 e. The van der Waals surface area contributed by atoms with Crippen molar-refractivity contribution in [3.8, 4) is 11.5 Å². The van der Waals surface area contributed by atoms with Gasteiger partial charge in [-0.15, -0.1) is 10.2 Å². The van der Waals surface area contributed by atoms with Crippen LogP contribution in [0.5, 0.6) is 11.5 Å². The standard InChI is InChI=1S/C22H24N4O3/c1-28-19-10-6-5-7-17(19)13-15-23-20-11-12-21(26-25-20)24-22(27)14-16-29-18-8-3-2-4-9-18/h2-12H,13-16H2,1H3,(H,23,25)(H,24,26,27).